The first-order chi connectivity index (χ1) is 9.75. The lowest BCUT2D eigenvalue weighted by atomic mass is 10.1. The molecule has 0 saturated carbocycles. The van der Waals surface area contributed by atoms with Crippen molar-refractivity contribution < 1.29 is 0 Å². The summed E-state index contributed by atoms with van der Waals surface area (Å²) < 4.78 is 2.09. The Kier molecular flexibility index (Phi) is 3.74. The summed E-state index contributed by atoms with van der Waals surface area (Å²) in [6.07, 6.45) is 3.88. The molecule has 1 aliphatic heterocycles. The van der Waals surface area contributed by atoms with Crippen molar-refractivity contribution in [3.63, 3.8) is 0 Å². The van der Waals surface area contributed by atoms with Gasteiger partial charge in [-0.1, -0.05) is 30.3 Å². The van der Waals surface area contributed by atoms with Gasteiger partial charge in [-0.2, -0.15) is 0 Å². The Morgan fingerprint density at radius 2 is 1.75 bits per heavy atom. The summed E-state index contributed by atoms with van der Waals surface area (Å²) in [4.78, 5) is 9.36. The zero-order valence-electron chi connectivity index (χ0n) is 12.2. The van der Waals surface area contributed by atoms with Crippen LogP contribution in [-0.4, -0.2) is 40.6 Å². The van der Waals surface area contributed by atoms with E-state index >= 15 is 0 Å². The molecule has 1 fully saturated rings. The smallest absolute Gasteiger partial charge is 0.205 e. The number of hydrogen-bond acceptors (Lipinski definition) is 3. The molecule has 0 bridgehead atoms. The van der Waals surface area contributed by atoms with Crippen molar-refractivity contribution in [3.8, 4) is 0 Å². The normalized spacial score (nSPS) is 18.2. The maximum atomic E-state index is 4.44. The summed E-state index contributed by atoms with van der Waals surface area (Å²) in [7, 11) is 2.06. The Morgan fingerprint density at radius 1 is 1.05 bits per heavy atom. The number of benzene rings is 1. The first-order valence-corrected chi connectivity index (χ1v) is 7.27. The first-order valence-electron chi connectivity index (χ1n) is 7.27. The van der Waals surface area contributed by atoms with Gasteiger partial charge in [0.05, 0.1) is 0 Å². The van der Waals surface area contributed by atoms with Gasteiger partial charge in [0.2, 0.25) is 5.95 Å². The van der Waals surface area contributed by atoms with E-state index in [-0.39, 0.29) is 0 Å². The maximum absolute atomic E-state index is 4.44. The van der Waals surface area contributed by atoms with Gasteiger partial charge in [0, 0.05) is 51.7 Å². The number of nitrogens with zero attached hydrogens (tertiary/aromatic N) is 4. The average Bonchev–Trinajstić information content (AvgIpc) is 2.94. The number of piperazine rings is 1. The highest BCUT2D eigenvalue weighted by Gasteiger charge is 2.23. The summed E-state index contributed by atoms with van der Waals surface area (Å²) in [6.45, 7) is 6.56. The lowest BCUT2D eigenvalue weighted by Gasteiger charge is -2.38. The van der Waals surface area contributed by atoms with Crippen LogP contribution in [0.25, 0.3) is 0 Å². The lowest BCUT2D eigenvalue weighted by molar-refractivity contribution is 0.197. The lowest BCUT2D eigenvalue weighted by Crippen LogP contribution is -2.47. The molecule has 0 unspecified atom stereocenters. The highest BCUT2D eigenvalue weighted by Crippen LogP contribution is 2.22. The van der Waals surface area contributed by atoms with E-state index in [0.717, 1.165) is 32.1 Å². The molecular formula is C16H22N4. The molecule has 20 heavy (non-hydrogen) atoms. The third-order valence-electron chi connectivity index (χ3n) is 4.22. The molecule has 4 nitrogen and oxygen atoms in total. The van der Waals surface area contributed by atoms with Crippen LogP contribution >= 0.6 is 0 Å². The van der Waals surface area contributed by atoms with E-state index in [2.05, 4.69) is 63.7 Å². The molecule has 0 aliphatic carbocycles. The van der Waals surface area contributed by atoms with Crippen molar-refractivity contribution in [2.75, 3.05) is 31.1 Å². The van der Waals surface area contributed by atoms with Crippen LogP contribution in [0, 0.1) is 0 Å². The van der Waals surface area contributed by atoms with Gasteiger partial charge in [0.1, 0.15) is 0 Å². The standard InChI is InChI=1S/C16H22N4/c1-14(15-6-4-3-5-7-15)19-10-12-20(13-11-19)16-17-8-9-18(16)2/h3-9,14H,10-13H2,1-2H3/t14-/m0/s1. The number of aromatic nitrogens is 2. The molecule has 0 radical (unpaired) electrons. The van der Waals surface area contributed by atoms with Gasteiger partial charge in [-0.05, 0) is 12.5 Å². The average molecular weight is 270 g/mol. The molecule has 3 rings (SSSR count). The second-order valence-corrected chi connectivity index (χ2v) is 5.45. The third kappa shape index (κ3) is 2.56. The molecule has 1 aliphatic rings. The Hall–Kier alpha value is -1.81. The summed E-state index contributed by atoms with van der Waals surface area (Å²) in [5, 5.41) is 0. The van der Waals surface area contributed by atoms with Crippen LogP contribution < -0.4 is 4.90 Å². The second kappa shape index (κ2) is 5.67. The Bertz CT molecular complexity index is 541. The minimum absolute atomic E-state index is 0.486. The van der Waals surface area contributed by atoms with Crippen molar-refractivity contribution >= 4 is 5.95 Å². The van der Waals surface area contributed by atoms with Gasteiger partial charge in [-0.15, -0.1) is 0 Å². The van der Waals surface area contributed by atoms with Crippen molar-refractivity contribution in [1.29, 1.82) is 0 Å². The summed E-state index contributed by atoms with van der Waals surface area (Å²) in [5.74, 6) is 1.08. The van der Waals surface area contributed by atoms with Crippen LogP contribution in [0.1, 0.15) is 18.5 Å². The summed E-state index contributed by atoms with van der Waals surface area (Å²) in [6, 6.07) is 11.2. The molecular weight excluding hydrogens is 248 g/mol. The largest absolute Gasteiger partial charge is 0.340 e. The molecule has 1 atom stereocenters. The number of imidazole rings is 1. The topological polar surface area (TPSA) is 24.3 Å². The molecule has 0 amide bonds. The molecule has 0 N–H and O–H groups in total. The van der Waals surface area contributed by atoms with Crippen LogP contribution in [0.15, 0.2) is 42.7 Å². The van der Waals surface area contributed by atoms with Gasteiger partial charge in [-0.25, -0.2) is 4.98 Å². The molecule has 106 valence electrons. The highest BCUT2D eigenvalue weighted by atomic mass is 15.3. The monoisotopic (exact) mass is 270 g/mol. The summed E-state index contributed by atoms with van der Waals surface area (Å²) in [5.41, 5.74) is 1.40. The van der Waals surface area contributed by atoms with Crippen LogP contribution in [-0.2, 0) is 7.05 Å². The number of aryl methyl sites for hydroxylation is 1. The Labute approximate surface area is 120 Å². The molecule has 1 aromatic heterocycles. The van der Waals surface area contributed by atoms with E-state index in [1.54, 1.807) is 0 Å². The van der Waals surface area contributed by atoms with E-state index in [1.807, 2.05) is 12.4 Å². The van der Waals surface area contributed by atoms with Gasteiger partial charge >= 0.3 is 0 Å². The van der Waals surface area contributed by atoms with Crippen molar-refractivity contribution in [1.82, 2.24) is 14.5 Å². The quantitative estimate of drug-likeness (QED) is 0.855. The SMILES string of the molecule is C[C@@H](c1ccccc1)N1CCN(c2nccn2C)CC1. The van der Waals surface area contributed by atoms with Gasteiger partial charge in [0.25, 0.3) is 0 Å². The molecule has 2 aromatic rings. The maximum Gasteiger partial charge on any atom is 0.205 e. The summed E-state index contributed by atoms with van der Waals surface area (Å²) >= 11 is 0. The minimum Gasteiger partial charge on any atom is -0.340 e. The Balaban J connectivity index is 1.63. The van der Waals surface area contributed by atoms with Crippen LogP contribution in [0.4, 0.5) is 5.95 Å². The van der Waals surface area contributed by atoms with Gasteiger partial charge < -0.3 is 9.47 Å². The van der Waals surface area contributed by atoms with Crippen LogP contribution in [0.3, 0.4) is 0 Å². The number of anilines is 1. The van der Waals surface area contributed by atoms with E-state index in [4.69, 9.17) is 0 Å². The van der Waals surface area contributed by atoms with E-state index in [1.165, 1.54) is 5.56 Å². The number of rotatable bonds is 3. The van der Waals surface area contributed by atoms with E-state index in [0.29, 0.717) is 6.04 Å². The molecule has 4 heteroatoms. The molecule has 2 heterocycles. The fourth-order valence-corrected chi connectivity index (χ4v) is 2.91. The Morgan fingerprint density at radius 3 is 2.35 bits per heavy atom. The predicted molar refractivity (Wildman–Crippen MR) is 81.9 cm³/mol. The van der Waals surface area contributed by atoms with Crippen molar-refractivity contribution in [2.24, 2.45) is 7.05 Å². The molecule has 1 saturated heterocycles. The first kappa shape index (κ1) is 13.2. The van der Waals surface area contributed by atoms with Gasteiger partial charge in [0.15, 0.2) is 0 Å². The minimum atomic E-state index is 0.486. The van der Waals surface area contributed by atoms with Crippen molar-refractivity contribution in [3.05, 3.63) is 48.3 Å². The molecule has 0 spiro atoms. The second-order valence-electron chi connectivity index (χ2n) is 5.45. The van der Waals surface area contributed by atoms with Crippen LogP contribution in [0.2, 0.25) is 0 Å². The fourth-order valence-electron chi connectivity index (χ4n) is 2.91. The van der Waals surface area contributed by atoms with E-state index < -0.39 is 0 Å². The number of hydrogen-bond donors (Lipinski definition) is 0. The van der Waals surface area contributed by atoms with Gasteiger partial charge in [-0.3, -0.25) is 4.90 Å². The third-order valence-corrected chi connectivity index (χ3v) is 4.22. The highest BCUT2D eigenvalue weighted by molar-refractivity contribution is 5.32. The zero-order valence-corrected chi connectivity index (χ0v) is 12.2. The zero-order chi connectivity index (χ0) is 13.9. The fraction of sp³-hybridized carbons (Fsp3) is 0.438. The predicted octanol–water partition coefficient (Wildman–Crippen LogP) is 2.30. The van der Waals surface area contributed by atoms with Crippen molar-refractivity contribution in [2.45, 2.75) is 13.0 Å². The molecule has 1 aromatic carbocycles. The van der Waals surface area contributed by atoms with E-state index in [9.17, 15) is 0 Å². The van der Waals surface area contributed by atoms with Crippen LogP contribution in [0.5, 0.6) is 0 Å².